The zero-order valence-corrected chi connectivity index (χ0v) is 12.9. The average molecular weight is 304 g/mol. The third kappa shape index (κ3) is 2.09. The van der Waals surface area contributed by atoms with Crippen molar-refractivity contribution < 1.29 is 8.42 Å². The van der Waals surface area contributed by atoms with Gasteiger partial charge in [-0.1, -0.05) is 17.7 Å². The molecule has 0 aromatic heterocycles. The predicted octanol–water partition coefficient (Wildman–Crippen LogP) is 2.70. The molecule has 4 nitrogen and oxygen atoms in total. The lowest BCUT2D eigenvalue weighted by Gasteiger charge is -2.22. The van der Waals surface area contributed by atoms with Crippen molar-refractivity contribution >= 4 is 15.7 Å². The second-order valence-corrected chi connectivity index (χ2v) is 8.38. The number of nitrogens with zero attached hydrogens (tertiary/aromatic N) is 1. The molecule has 1 aromatic carbocycles. The fraction of sp³-hybridized carbons (Fsp3) is 0.562. The Hall–Kier alpha value is -1.36. The molecule has 3 aliphatic carbocycles. The molecule has 112 valence electrons. The number of hydrazone groups is 1. The molecule has 4 rings (SSSR count). The summed E-state index contributed by atoms with van der Waals surface area (Å²) in [6.07, 6.45) is 4.90. The van der Waals surface area contributed by atoms with Gasteiger partial charge < -0.3 is 0 Å². The fourth-order valence-corrected chi connectivity index (χ4v) is 5.43. The van der Waals surface area contributed by atoms with Gasteiger partial charge in [0, 0.05) is 11.6 Å². The smallest absolute Gasteiger partial charge is 0.200 e. The molecule has 3 aliphatic rings. The van der Waals surface area contributed by atoms with Crippen molar-refractivity contribution in [2.45, 2.75) is 37.5 Å². The summed E-state index contributed by atoms with van der Waals surface area (Å²) in [5, 5.41) is 4.27. The maximum Gasteiger partial charge on any atom is 0.276 e. The Morgan fingerprint density at radius 1 is 1.14 bits per heavy atom. The van der Waals surface area contributed by atoms with E-state index < -0.39 is 10.0 Å². The van der Waals surface area contributed by atoms with E-state index in [1.807, 2.05) is 6.92 Å². The van der Waals surface area contributed by atoms with Gasteiger partial charge in [-0.3, -0.25) is 0 Å². The van der Waals surface area contributed by atoms with E-state index in [4.69, 9.17) is 0 Å². The van der Waals surface area contributed by atoms with Crippen LogP contribution in [-0.4, -0.2) is 14.1 Å². The van der Waals surface area contributed by atoms with Crippen LogP contribution in [0, 0.1) is 30.6 Å². The molecular formula is C16H20N2O2S. The van der Waals surface area contributed by atoms with E-state index in [1.54, 1.807) is 24.3 Å². The number of hydrogen-bond donors (Lipinski definition) is 1. The maximum atomic E-state index is 12.2. The quantitative estimate of drug-likeness (QED) is 0.873. The van der Waals surface area contributed by atoms with Crippen LogP contribution in [-0.2, 0) is 10.0 Å². The van der Waals surface area contributed by atoms with Gasteiger partial charge >= 0.3 is 0 Å². The van der Waals surface area contributed by atoms with Crippen LogP contribution >= 0.6 is 0 Å². The topological polar surface area (TPSA) is 58.5 Å². The third-order valence-electron chi connectivity index (χ3n) is 5.61. The molecule has 0 amide bonds. The molecule has 1 aromatic rings. The monoisotopic (exact) mass is 304 g/mol. The predicted molar refractivity (Wildman–Crippen MR) is 81.4 cm³/mol. The highest BCUT2D eigenvalue weighted by Crippen LogP contribution is 2.59. The van der Waals surface area contributed by atoms with E-state index >= 15 is 0 Å². The number of sulfonamides is 1. The van der Waals surface area contributed by atoms with Crippen molar-refractivity contribution in [3.63, 3.8) is 0 Å². The zero-order chi connectivity index (χ0) is 14.6. The number of rotatable bonds is 3. The molecule has 3 saturated carbocycles. The van der Waals surface area contributed by atoms with Crippen LogP contribution in [0.15, 0.2) is 34.3 Å². The lowest BCUT2D eigenvalue weighted by Crippen LogP contribution is -2.25. The molecular weight excluding hydrogens is 284 g/mol. The van der Waals surface area contributed by atoms with Gasteiger partial charge in [-0.2, -0.15) is 13.5 Å². The first-order valence-electron chi connectivity index (χ1n) is 7.69. The second kappa shape index (κ2) is 4.57. The molecule has 1 N–H and O–H groups in total. The maximum absolute atomic E-state index is 12.2. The first kappa shape index (κ1) is 13.3. The summed E-state index contributed by atoms with van der Waals surface area (Å²) in [6, 6.07) is 6.86. The van der Waals surface area contributed by atoms with Crippen molar-refractivity contribution in [2.24, 2.45) is 28.8 Å². The van der Waals surface area contributed by atoms with Gasteiger partial charge in [0.15, 0.2) is 0 Å². The number of aryl methyl sites for hydroxylation is 1. The molecule has 0 saturated heterocycles. The van der Waals surface area contributed by atoms with Gasteiger partial charge in [-0.15, -0.1) is 0 Å². The van der Waals surface area contributed by atoms with Crippen LogP contribution in [0.3, 0.4) is 0 Å². The molecule has 0 spiro atoms. The number of benzene rings is 1. The zero-order valence-electron chi connectivity index (χ0n) is 12.1. The van der Waals surface area contributed by atoms with Gasteiger partial charge in [0.1, 0.15) is 0 Å². The van der Waals surface area contributed by atoms with E-state index in [0.29, 0.717) is 5.92 Å². The Morgan fingerprint density at radius 2 is 1.90 bits per heavy atom. The highest BCUT2D eigenvalue weighted by Gasteiger charge is 2.55. The summed E-state index contributed by atoms with van der Waals surface area (Å²) >= 11 is 0. The molecule has 4 atom stereocenters. The molecule has 0 radical (unpaired) electrons. The minimum absolute atomic E-state index is 0.280. The first-order chi connectivity index (χ1) is 10.0. The van der Waals surface area contributed by atoms with Crippen LogP contribution in [0.1, 0.15) is 31.2 Å². The lowest BCUT2D eigenvalue weighted by molar-refractivity contribution is 0.408. The van der Waals surface area contributed by atoms with E-state index in [1.165, 1.54) is 19.3 Å². The molecule has 0 aliphatic heterocycles. The van der Waals surface area contributed by atoms with Crippen LogP contribution in [0.2, 0.25) is 0 Å². The highest BCUT2D eigenvalue weighted by atomic mass is 32.2. The molecule has 4 unspecified atom stereocenters. The van der Waals surface area contributed by atoms with Crippen molar-refractivity contribution in [2.75, 3.05) is 0 Å². The fourth-order valence-electron chi connectivity index (χ4n) is 4.59. The van der Waals surface area contributed by atoms with Crippen molar-refractivity contribution in [1.82, 2.24) is 4.83 Å². The van der Waals surface area contributed by atoms with Gasteiger partial charge in [0.2, 0.25) is 0 Å². The summed E-state index contributed by atoms with van der Waals surface area (Å²) in [5.74, 6) is 2.97. The van der Waals surface area contributed by atoms with Crippen molar-refractivity contribution in [3.05, 3.63) is 29.8 Å². The Balaban J connectivity index is 1.52. The standard InChI is InChI=1S/C16H20N2O2S/c1-10-2-5-12(6-3-10)21(19,20)18-17-16-9-14-11-4-7-13(14)15(16)8-11/h2-3,5-6,11,13-15,18H,4,7-9H2,1H3/b17-16-. The average Bonchev–Trinajstić information content (AvgIpc) is 3.12. The van der Waals surface area contributed by atoms with Crippen LogP contribution < -0.4 is 4.83 Å². The Morgan fingerprint density at radius 3 is 2.57 bits per heavy atom. The van der Waals surface area contributed by atoms with E-state index in [-0.39, 0.29) is 4.90 Å². The van der Waals surface area contributed by atoms with Gasteiger partial charge in [-0.25, -0.2) is 4.83 Å². The highest BCUT2D eigenvalue weighted by molar-refractivity contribution is 7.89. The van der Waals surface area contributed by atoms with Crippen LogP contribution in [0.4, 0.5) is 0 Å². The molecule has 5 heteroatoms. The van der Waals surface area contributed by atoms with Crippen LogP contribution in [0.5, 0.6) is 0 Å². The first-order valence-corrected chi connectivity index (χ1v) is 9.18. The summed E-state index contributed by atoms with van der Waals surface area (Å²) < 4.78 is 24.5. The summed E-state index contributed by atoms with van der Waals surface area (Å²) in [7, 11) is -3.53. The SMILES string of the molecule is Cc1ccc(S(=O)(=O)N/N=C2/CC3C4CCC3C2C4)cc1. The lowest BCUT2D eigenvalue weighted by atomic mass is 9.84. The van der Waals surface area contributed by atoms with Gasteiger partial charge in [0.05, 0.1) is 4.90 Å². The molecule has 4 bridgehead atoms. The Bertz CT molecular complexity index is 693. The minimum atomic E-state index is -3.53. The van der Waals surface area contributed by atoms with E-state index in [9.17, 15) is 8.42 Å². The third-order valence-corrected chi connectivity index (χ3v) is 6.84. The summed E-state index contributed by atoms with van der Waals surface area (Å²) in [4.78, 5) is 2.72. The molecule has 0 heterocycles. The molecule has 21 heavy (non-hydrogen) atoms. The minimum Gasteiger partial charge on any atom is -0.200 e. The van der Waals surface area contributed by atoms with Gasteiger partial charge in [-0.05, 0) is 62.5 Å². The molecule has 3 fully saturated rings. The van der Waals surface area contributed by atoms with E-state index in [0.717, 1.165) is 35.4 Å². The largest absolute Gasteiger partial charge is 0.276 e. The van der Waals surface area contributed by atoms with Crippen LogP contribution in [0.25, 0.3) is 0 Å². The summed E-state index contributed by atoms with van der Waals surface area (Å²) in [5.41, 5.74) is 2.13. The van der Waals surface area contributed by atoms with E-state index in [2.05, 4.69) is 9.93 Å². The van der Waals surface area contributed by atoms with Crippen molar-refractivity contribution in [1.29, 1.82) is 0 Å². The second-order valence-electron chi connectivity index (χ2n) is 6.72. The Kier molecular flexibility index (Phi) is 2.89. The number of hydrogen-bond acceptors (Lipinski definition) is 3. The number of nitrogens with one attached hydrogen (secondary N) is 1. The summed E-state index contributed by atoms with van der Waals surface area (Å²) in [6.45, 7) is 1.94. The van der Waals surface area contributed by atoms with Gasteiger partial charge in [0.25, 0.3) is 10.0 Å². The Labute approximate surface area is 125 Å². The normalized spacial score (nSPS) is 35.6. The van der Waals surface area contributed by atoms with Crippen molar-refractivity contribution in [3.8, 4) is 0 Å².